The Bertz CT molecular complexity index is 1100. The van der Waals surface area contributed by atoms with Crippen LogP contribution in [0.4, 0.5) is 0 Å². The van der Waals surface area contributed by atoms with E-state index in [1.54, 1.807) is 57.1 Å². The van der Waals surface area contributed by atoms with Gasteiger partial charge >= 0.3 is 10.2 Å². The van der Waals surface area contributed by atoms with Crippen molar-refractivity contribution >= 4 is 33.5 Å². The maximum absolute atomic E-state index is 12.8. The first-order valence-electron chi connectivity index (χ1n) is 10.3. The molecular weight excluding hydrogens is 450 g/mol. The normalized spacial score (nSPS) is 19.4. The summed E-state index contributed by atoms with van der Waals surface area (Å²) in [6.07, 6.45) is 0. The van der Waals surface area contributed by atoms with E-state index in [-0.39, 0.29) is 12.5 Å². The van der Waals surface area contributed by atoms with Gasteiger partial charge in [0, 0.05) is 37.8 Å². The van der Waals surface area contributed by atoms with Gasteiger partial charge in [-0.1, -0.05) is 67.9 Å². The van der Waals surface area contributed by atoms with E-state index >= 15 is 0 Å². The largest absolute Gasteiger partial charge is 0.377 e. The Morgan fingerprint density at radius 3 is 2.25 bits per heavy atom. The molecule has 2 aromatic carbocycles. The smallest absolute Gasteiger partial charge is 0.325 e. The highest BCUT2D eigenvalue weighted by molar-refractivity contribution is 7.87. The van der Waals surface area contributed by atoms with Crippen molar-refractivity contribution < 1.29 is 13.5 Å². The second-order valence-corrected chi connectivity index (χ2v) is 9.62. The van der Waals surface area contributed by atoms with Crippen molar-refractivity contribution in [3.63, 3.8) is 0 Å². The first-order chi connectivity index (χ1) is 15.1. The van der Waals surface area contributed by atoms with Crippen LogP contribution in [0.15, 0.2) is 64.1 Å². The number of nitrogens with zero attached hydrogens (tertiary/aromatic N) is 5. The summed E-state index contributed by atoms with van der Waals surface area (Å²) >= 11 is 6.05. The maximum atomic E-state index is 12.8. The molecule has 3 rings (SSSR count). The van der Waals surface area contributed by atoms with Gasteiger partial charge in [0.15, 0.2) is 5.60 Å². The molecule has 0 spiro atoms. The topological polar surface area (TPSA) is 88.8 Å². The van der Waals surface area contributed by atoms with Gasteiger partial charge in [0.1, 0.15) is 5.71 Å². The van der Waals surface area contributed by atoms with Gasteiger partial charge in [0.25, 0.3) is 0 Å². The summed E-state index contributed by atoms with van der Waals surface area (Å²) in [5.74, 6) is 0.107. The van der Waals surface area contributed by atoms with Crippen LogP contribution in [0, 0.1) is 0 Å². The third kappa shape index (κ3) is 4.80. The minimum Gasteiger partial charge on any atom is -0.377 e. The molecule has 1 heterocycles. The van der Waals surface area contributed by atoms with Gasteiger partial charge in [-0.3, -0.25) is 0 Å². The predicted octanol–water partition coefficient (Wildman–Crippen LogP) is 2.75. The molecule has 0 amide bonds. The molecule has 0 aliphatic carbocycles. The average Bonchev–Trinajstić information content (AvgIpc) is 3.12. The molecule has 172 valence electrons. The highest BCUT2D eigenvalue weighted by Crippen LogP contribution is 2.34. The average molecular weight is 478 g/mol. The van der Waals surface area contributed by atoms with Crippen LogP contribution in [0.1, 0.15) is 25.0 Å². The lowest BCUT2D eigenvalue weighted by Crippen LogP contribution is -2.44. The quantitative estimate of drug-likeness (QED) is 0.510. The van der Waals surface area contributed by atoms with Crippen LogP contribution in [-0.2, 0) is 15.8 Å². The fraction of sp³-hybridized carbons (Fsp3) is 0.364. The molecule has 10 heteroatoms. The van der Waals surface area contributed by atoms with Crippen molar-refractivity contribution in [1.29, 1.82) is 0 Å². The van der Waals surface area contributed by atoms with E-state index in [2.05, 4.69) is 9.50 Å². The van der Waals surface area contributed by atoms with Crippen molar-refractivity contribution in [1.82, 2.24) is 14.2 Å². The van der Waals surface area contributed by atoms with Gasteiger partial charge < -0.3 is 10.0 Å². The standard InChI is InChI=1S/C22H28ClN5O3S/c1-5-27(6-2)32(30,31)25-21(26(3)4)28-16-22(29,18-10-8-7-9-11-18)20(24-28)17-12-14-19(23)15-13-17/h7-15,29H,5-6,16H2,1-4H3/b25-21+. The zero-order valence-electron chi connectivity index (χ0n) is 18.6. The van der Waals surface area contributed by atoms with E-state index < -0.39 is 15.8 Å². The minimum absolute atomic E-state index is 0.000242. The van der Waals surface area contributed by atoms with Crippen LogP contribution in [0.3, 0.4) is 0 Å². The van der Waals surface area contributed by atoms with Crippen LogP contribution >= 0.6 is 11.6 Å². The zero-order valence-corrected chi connectivity index (χ0v) is 20.2. The van der Waals surface area contributed by atoms with Gasteiger partial charge in [-0.25, -0.2) is 5.01 Å². The number of halogens is 1. The van der Waals surface area contributed by atoms with E-state index in [4.69, 9.17) is 11.6 Å². The molecule has 1 N–H and O–H groups in total. The second kappa shape index (κ2) is 9.58. The van der Waals surface area contributed by atoms with Gasteiger partial charge in [0.05, 0.1) is 6.54 Å². The Morgan fingerprint density at radius 2 is 1.72 bits per heavy atom. The van der Waals surface area contributed by atoms with E-state index in [1.807, 2.05) is 30.3 Å². The van der Waals surface area contributed by atoms with Crippen LogP contribution in [0.25, 0.3) is 0 Å². The van der Waals surface area contributed by atoms with Gasteiger partial charge in [-0.2, -0.15) is 17.8 Å². The summed E-state index contributed by atoms with van der Waals surface area (Å²) in [6.45, 7) is 4.12. The van der Waals surface area contributed by atoms with Crippen molar-refractivity contribution in [3.05, 3.63) is 70.7 Å². The first kappa shape index (κ1) is 24.2. The third-order valence-electron chi connectivity index (χ3n) is 5.22. The summed E-state index contributed by atoms with van der Waals surface area (Å²) in [6, 6.07) is 16.2. The number of benzene rings is 2. The number of guanidine groups is 1. The summed E-state index contributed by atoms with van der Waals surface area (Å²) in [4.78, 5) is 1.57. The van der Waals surface area contributed by atoms with Crippen molar-refractivity contribution in [2.75, 3.05) is 33.7 Å². The Kier molecular flexibility index (Phi) is 7.24. The van der Waals surface area contributed by atoms with E-state index in [1.165, 1.54) is 9.31 Å². The number of hydrogen-bond acceptors (Lipinski definition) is 4. The Balaban J connectivity index is 2.14. The molecule has 0 saturated heterocycles. The number of rotatable bonds is 6. The number of aliphatic hydroxyl groups is 1. The van der Waals surface area contributed by atoms with E-state index in [0.29, 0.717) is 35.0 Å². The predicted molar refractivity (Wildman–Crippen MR) is 128 cm³/mol. The molecule has 1 unspecified atom stereocenters. The fourth-order valence-electron chi connectivity index (χ4n) is 3.56. The molecule has 0 fully saturated rings. The molecule has 1 aliphatic heterocycles. The van der Waals surface area contributed by atoms with Crippen molar-refractivity contribution in [2.45, 2.75) is 19.4 Å². The lowest BCUT2D eigenvalue weighted by Gasteiger charge is -2.28. The van der Waals surface area contributed by atoms with E-state index in [9.17, 15) is 13.5 Å². The van der Waals surface area contributed by atoms with Gasteiger partial charge in [0.2, 0.25) is 5.96 Å². The third-order valence-corrected chi connectivity index (χ3v) is 7.03. The molecule has 0 bridgehead atoms. The summed E-state index contributed by atoms with van der Waals surface area (Å²) in [5, 5.41) is 18.4. The zero-order chi connectivity index (χ0) is 23.5. The Labute approximate surface area is 194 Å². The monoisotopic (exact) mass is 477 g/mol. The first-order valence-corrected chi connectivity index (χ1v) is 12.1. The maximum Gasteiger partial charge on any atom is 0.325 e. The minimum atomic E-state index is -3.92. The number of hydrazone groups is 1. The molecule has 0 saturated carbocycles. The summed E-state index contributed by atoms with van der Waals surface area (Å²) in [5.41, 5.74) is 0.217. The molecule has 8 nitrogen and oxygen atoms in total. The van der Waals surface area contributed by atoms with E-state index in [0.717, 1.165) is 0 Å². The number of hydrogen-bond donors (Lipinski definition) is 1. The molecule has 32 heavy (non-hydrogen) atoms. The molecule has 1 atom stereocenters. The summed E-state index contributed by atoms with van der Waals surface area (Å²) < 4.78 is 31.0. The van der Waals surface area contributed by atoms with Crippen molar-refractivity contribution in [3.8, 4) is 0 Å². The highest BCUT2D eigenvalue weighted by atomic mass is 35.5. The Morgan fingerprint density at radius 1 is 1.12 bits per heavy atom. The highest BCUT2D eigenvalue weighted by Gasteiger charge is 2.45. The molecule has 2 aromatic rings. The second-order valence-electron chi connectivity index (χ2n) is 7.59. The van der Waals surface area contributed by atoms with Crippen LogP contribution in [0.5, 0.6) is 0 Å². The van der Waals surface area contributed by atoms with Crippen LogP contribution < -0.4 is 0 Å². The van der Waals surface area contributed by atoms with Gasteiger partial charge in [-0.05, 0) is 17.7 Å². The van der Waals surface area contributed by atoms with Gasteiger partial charge in [-0.15, -0.1) is 4.40 Å². The molecular formula is C22H28ClN5O3S. The van der Waals surface area contributed by atoms with Crippen molar-refractivity contribution in [2.24, 2.45) is 9.50 Å². The lowest BCUT2D eigenvalue weighted by molar-refractivity contribution is 0.102. The SMILES string of the molecule is CCN(CC)S(=O)(=O)/N=C(\N(C)C)N1CC(O)(c2ccccc2)C(c2ccc(Cl)cc2)=N1. The summed E-state index contributed by atoms with van der Waals surface area (Å²) in [7, 11) is -0.547. The molecule has 0 aromatic heterocycles. The molecule has 1 aliphatic rings. The fourth-order valence-corrected chi connectivity index (χ4v) is 4.92. The lowest BCUT2D eigenvalue weighted by atomic mass is 9.86. The van der Waals surface area contributed by atoms with Crippen LogP contribution in [0.2, 0.25) is 5.02 Å². The Hall–Kier alpha value is -2.46. The number of β-amino-alcohol motifs (C(OH)–C–C–N with tert-alkyl or cyclic N) is 1. The van der Waals surface area contributed by atoms with Crippen LogP contribution in [-0.4, -0.2) is 73.1 Å². The molecule has 0 radical (unpaired) electrons.